The van der Waals surface area contributed by atoms with Crippen LogP contribution in [-0.2, 0) is 12.1 Å². The van der Waals surface area contributed by atoms with Gasteiger partial charge in [-0.25, -0.2) is 0 Å². The van der Waals surface area contributed by atoms with Crippen LogP contribution in [0.2, 0.25) is 0 Å². The zero-order valence-corrected chi connectivity index (χ0v) is 20.5. The summed E-state index contributed by atoms with van der Waals surface area (Å²) in [5.41, 5.74) is 4.81. The molecule has 1 saturated carbocycles. The molecule has 1 aromatic heterocycles. The van der Waals surface area contributed by atoms with Crippen molar-refractivity contribution in [3.63, 3.8) is 0 Å². The fourth-order valence-corrected chi connectivity index (χ4v) is 4.61. The molecule has 2 aromatic carbocycles. The zero-order valence-electron chi connectivity index (χ0n) is 20.5. The summed E-state index contributed by atoms with van der Waals surface area (Å²) in [5, 5.41) is 7.84. The molecule has 6 heteroatoms. The van der Waals surface area contributed by atoms with Crippen LogP contribution in [0.1, 0.15) is 61.3 Å². The molecule has 5 rings (SSSR count). The largest absolute Gasteiger partial charge is 0.369 e. The summed E-state index contributed by atoms with van der Waals surface area (Å²) in [6.07, 6.45) is 2.34. The van der Waals surface area contributed by atoms with E-state index in [-0.39, 0.29) is 11.4 Å². The van der Waals surface area contributed by atoms with Crippen molar-refractivity contribution >= 4 is 17.3 Å². The summed E-state index contributed by atoms with van der Waals surface area (Å²) in [6, 6.07) is 20.9. The standard InChI is InChI=1S/C28H35N5O/c1-28(2,3)33-26(19-25(30-33)22-9-10-22)27(34)29-23-11-13-24(14-12-23)32-17-15-31(16-18-32)20-21-7-5-4-6-8-21/h4-8,11-14,19,22H,9-10,15-18,20H2,1-3H3,(H,29,34). The Kier molecular flexibility index (Phi) is 6.17. The molecule has 1 N–H and O–H groups in total. The van der Waals surface area contributed by atoms with Crippen LogP contribution in [-0.4, -0.2) is 46.8 Å². The molecule has 0 radical (unpaired) electrons. The first-order chi connectivity index (χ1) is 16.4. The molecule has 0 bridgehead atoms. The van der Waals surface area contributed by atoms with E-state index in [1.165, 1.54) is 24.1 Å². The third kappa shape index (κ3) is 5.17. The molecule has 1 amide bonds. The molecule has 34 heavy (non-hydrogen) atoms. The summed E-state index contributed by atoms with van der Waals surface area (Å²) in [6.45, 7) is 11.4. The van der Waals surface area contributed by atoms with Crippen LogP contribution in [0.15, 0.2) is 60.7 Å². The minimum Gasteiger partial charge on any atom is -0.369 e. The van der Waals surface area contributed by atoms with E-state index in [0.29, 0.717) is 11.6 Å². The fourth-order valence-electron chi connectivity index (χ4n) is 4.61. The predicted octanol–water partition coefficient (Wildman–Crippen LogP) is 5.09. The second kappa shape index (κ2) is 9.26. The lowest BCUT2D eigenvalue weighted by Gasteiger charge is -2.36. The molecule has 6 nitrogen and oxygen atoms in total. The van der Waals surface area contributed by atoms with Crippen molar-refractivity contribution in [3.05, 3.63) is 77.6 Å². The second-order valence-corrected chi connectivity index (χ2v) is 10.6. The first kappa shape index (κ1) is 22.7. The van der Waals surface area contributed by atoms with Crippen LogP contribution < -0.4 is 10.2 Å². The Morgan fingerprint density at radius 1 is 0.971 bits per heavy atom. The van der Waals surface area contributed by atoms with E-state index >= 15 is 0 Å². The van der Waals surface area contributed by atoms with E-state index in [4.69, 9.17) is 5.10 Å². The molecule has 3 aromatic rings. The van der Waals surface area contributed by atoms with Crippen LogP contribution in [0, 0.1) is 0 Å². The smallest absolute Gasteiger partial charge is 0.273 e. The lowest BCUT2D eigenvalue weighted by atomic mass is 10.1. The Hall–Kier alpha value is -3.12. The molecular weight excluding hydrogens is 422 g/mol. The number of rotatable bonds is 6. The Labute approximate surface area is 202 Å². The topological polar surface area (TPSA) is 53.4 Å². The van der Waals surface area contributed by atoms with Crippen molar-refractivity contribution in [3.8, 4) is 0 Å². The van der Waals surface area contributed by atoms with Crippen molar-refractivity contribution in [1.82, 2.24) is 14.7 Å². The molecule has 1 aliphatic heterocycles. The van der Waals surface area contributed by atoms with Gasteiger partial charge in [0.2, 0.25) is 0 Å². The van der Waals surface area contributed by atoms with Gasteiger partial charge in [-0.05, 0) is 69.5 Å². The number of anilines is 2. The number of nitrogens with one attached hydrogen (secondary N) is 1. The summed E-state index contributed by atoms with van der Waals surface area (Å²) in [7, 11) is 0. The fraction of sp³-hybridized carbons (Fsp3) is 0.429. The van der Waals surface area contributed by atoms with Crippen LogP contribution in [0.25, 0.3) is 0 Å². The number of hydrogen-bond donors (Lipinski definition) is 1. The van der Waals surface area contributed by atoms with Gasteiger partial charge in [0, 0.05) is 50.0 Å². The van der Waals surface area contributed by atoms with Gasteiger partial charge >= 0.3 is 0 Å². The van der Waals surface area contributed by atoms with Crippen molar-refractivity contribution in [1.29, 1.82) is 0 Å². The molecule has 0 spiro atoms. The lowest BCUT2D eigenvalue weighted by molar-refractivity contribution is 0.100. The van der Waals surface area contributed by atoms with Gasteiger partial charge in [-0.3, -0.25) is 14.4 Å². The van der Waals surface area contributed by atoms with E-state index in [2.05, 4.69) is 78.4 Å². The maximum Gasteiger partial charge on any atom is 0.273 e. The van der Waals surface area contributed by atoms with Gasteiger partial charge in [0.1, 0.15) is 5.69 Å². The monoisotopic (exact) mass is 457 g/mol. The van der Waals surface area contributed by atoms with Crippen molar-refractivity contribution < 1.29 is 4.79 Å². The van der Waals surface area contributed by atoms with E-state index in [1.54, 1.807) is 0 Å². The molecule has 2 aliphatic rings. The number of piperazine rings is 1. The van der Waals surface area contributed by atoms with Gasteiger partial charge in [-0.2, -0.15) is 5.10 Å². The number of benzene rings is 2. The Morgan fingerprint density at radius 3 is 2.26 bits per heavy atom. The van der Waals surface area contributed by atoms with E-state index in [0.717, 1.165) is 44.1 Å². The highest BCUT2D eigenvalue weighted by molar-refractivity contribution is 6.03. The number of carbonyl (C=O) groups excluding carboxylic acids is 1. The summed E-state index contributed by atoms with van der Waals surface area (Å²) < 4.78 is 1.87. The molecular formula is C28H35N5O. The van der Waals surface area contributed by atoms with Gasteiger partial charge in [0.25, 0.3) is 5.91 Å². The SMILES string of the molecule is CC(C)(C)n1nc(C2CC2)cc1C(=O)Nc1ccc(N2CCN(Cc3ccccc3)CC2)cc1. The molecule has 0 unspecified atom stereocenters. The van der Waals surface area contributed by atoms with E-state index < -0.39 is 0 Å². The lowest BCUT2D eigenvalue weighted by Crippen LogP contribution is -2.45. The van der Waals surface area contributed by atoms with E-state index in [1.807, 2.05) is 22.9 Å². The molecule has 0 atom stereocenters. The van der Waals surface area contributed by atoms with Gasteiger partial charge in [0.05, 0.1) is 11.2 Å². The second-order valence-electron chi connectivity index (χ2n) is 10.6. The van der Waals surface area contributed by atoms with Crippen molar-refractivity contribution in [2.75, 3.05) is 36.4 Å². The van der Waals surface area contributed by atoms with Gasteiger partial charge in [-0.15, -0.1) is 0 Å². The quantitative estimate of drug-likeness (QED) is 0.560. The molecule has 1 saturated heterocycles. The average Bonchev–Trinajstić information content (AvgIpc) is 3.57. The Balaban J connectivity index is 1.20. The number of hydrogen-bond acceptors (Lipinski definition) is 4. The zero-order chi connectivity index (χ0) is 23.7. The highest BCUT2D eigenvalue weighted by atomic mass is 16.2. The van der Waals surface area contributed by atoms with Gasteiger partial charge < -0.3 is 10.2 Å². The van der Waals surface area contributed by atoms with Gasteiger partial charge in [-0.1, -0.05) is 30.3 Å². The average molecular weight is 458 g/mol. The number of nitrogens with zero attached hydrogens (tertiary/aromatic N) is 4. The van der Waals surface area contributed by atoms with Crippen molar-refractivity contribution in [2.45, 2.75) is 51.6 Å². The van der Waals surface area contributed by atoms with Crippen LogP contribution in [0.5, 0.6) is 0 Å². The minimum atomic E-state index is -0.244. The number of amides is 1. The normalized spacial score (nSPS) is 17.1. The first-order valence-corrected chi connectivity index (χ1v) is 12.4. The third-order valence-electron chi connectivity index (χ3n) is 6.70. The predicted molar refractivity (Wildman–Crippen MR) is 138 cm³/mol. The third-order valence-corrected chi connectivity index (χ3v) is 6.70. The van der Waals surface area contributed by atoms with Crippen LogP contribution >= 0.6 is 0 Å². The number of carbonyl (C=O) groups is 1. The number of aromatic nitrogens is 2. The van der Waals surface area contributed by atoms with Gasteiger partial charge in [0.15, 0.2) is 0 Å². The van der Waals surface area contributed by atoms with Crippen molar-refractivity contribution in [2.24, 2.45) is 0 Å². The Bertz CT molecular complexity index is 1120. The maximum atomic E-state index is 13.1. The summed E-state index contributed by atoms with van der Waals surface area (Å²) >= 11 is 0. The first-order valence-electron chi connectivity index (χ1n) is 12.4. The highest BCUT2D eigenvalue weighted by Crippen LogP contribution is 2.40. The summed E-state index contributed by atoms with van der Waals surface area (Å²) in [5.74, 6) is 0.416. The summed E-state index contributed by atoms with van der Waals surface area (Å²) in [4.78, 5) is 18.1. The van der Waals surface area contributed by atoms with E-state index in [9.17, 15) is 4.79 Å². The molecule has 2 fully saturated rings. The van der Waals surface area contributed by atoms with Crippen LogP contribution in [0.4, 0.5) is 11.4 Å². The molecule has 1 aliphatic carbocycles. The Morgan fingerprint density at radius 2 is 1.65 bits per heavy atom. The van der Waals surface area contributed by atoms with Crippen LogP contribution in [0.3, 0.4) is 0 Å². The minimum absolute atomic E-state index is 0.100. The molecule has 178 valence electrons. The molecule has 2 heterocycles. The maximum absolute atomic E-state index is 13.1. The highest BCUT2D eigenvalue weighted by Gasteiger charge is 2.31.